The van der Waals surface area contributed by atoms with Gasteiger partial charge in [-0.2, -0.15) is 0 Å². The lowest BCUT2D eigenvalue weighted by molar-refractivity contribution is 0.282. The van der Waals surface area contributed by atoms with E-state index in [0.29, 0.717) is 6.54 Å². The van der Waals surface area contributed by atoms with Gasteiger partial charge in [-0.15, -0.1) is 0 Å². The molecule has 0 saturated carbocycles. The predicted molar refractivity (Wildman–Crippen MR) is 73.7 cm³/mol. The second-order valence-electron chi connectivity index (χ2n) is 4.13. The maximum atomic E-state index is 9.21. The molecule has 3 nitrogen and oxygen atoms in total. The smallest absolute Gasteiger partial charge is 0.0703 e. The summed E-state index contributed by atoms with van der Waals surface area (Å²) in [4.78, 5) is 4.04. The fourth-order valence-corrected chi connectivity index (χ4v) is 1.85. The SMILES string of the molecule is Cc1cc(CNc2cnccc2CO)ccc1Cl. The summed E-state index contributed by atoms with van der Waals surface area (Å²) in [6.07, 6.45) is 3.39. The third kappa shape index (κ3) is 3.00. The molecule has 0 saturated heterocycles. The van der Waals surface area contributed by atoms with Crippen LogP contribution in [-0.2, 0) is 13.2 Å². The molecule has 0 spiro atoms. The minimum Gasteiger partial charge on any atom is -0.392 e. The van der Waals surface area contributed by atoms with Crippen molar-refractivity contribution in [2.45, 2.75) is 20.1 Å². The van der Waals surface area contributed by atoms with Crippen LogP contribution in [0.25, 0.3) is 0 Å². The van der Waals surface area contributed by atoms with Crippen LogP contribution in [0.1, 0.15) is 16.7 Å². The Morgan fingerprint density at radius 3 is 2.89 bits per heavy atom. The largest absolute Gasteiger partial charge is 0.392 e. The molecule has 0 aliphatic rings. The van der Waals surface area contributed by atoms with Gasteiger partial charge in [0.05, 0.1) is 18.5 Å². The van der Waals surface area contributed by atoms with E-state index in [1.54, 1.807) is 18.5 Å². The lowest BCUT2D eigenvalue weighted by Gasteiger charge is -2.10. The number of aliphatic hydroxyl groups is 1. The number of anilines is 1. The van der Waals surface area contributed by atoms with Crippen molar-refractivity contribution in [3.8, 4) is 0 Å². The first-order chi connectivity index (χ1) is 8.70. The first-order valence-corrected chi connectivity index (χ1v) is 6.11. The Bertz CT molecular complexity index is 543. The van der Waals surface area contributed by atoms with E-state index in [9.17, 15) is 5.11 Å². The van der Waals surface area contributed by atoms with E-state index in [4.69, 9.17) is 11.6 Å². The Kier molecular flexibility index (Phi) is 4.18. The van der Waals surface area contributed by atoms with Crippen LogP contribution in [0.2, 0.25) is 5.02 Å². The van der Waals surface area contributed by atoms with Gasteiger partial charge < -0.3 is 10.4 Å². The highest BCUT2D eigenvalue weighted by Crippen LogP contribution is 2.18. The van der Waals surface area contributed by atoms with E-state index in [2.05, 4.69) is 10.3 Å². The number of nitrogens with one attached hydrogen (secondary N) is 1. The molecule has 0 aliphatic heterocycles. The van der Waals surface area contributed by atoms with Gasteiger partial charge in [0.1, 0.15) is 0 Å². The number of benzene rings is 1. The summed E-state index contributed by atoms with van der Waals surface area (Å²) in [5, 5.41) is 13.2. The molecule has 1 aromatic heterocycles. The zero-order valence-corrected chi connectivity index (χ0v) is 10.9. The van der Waals surface area contributed by atoms with E-state index in [0.717, 1.165) is 27.4 Å². The number of aromatic nitrogens is 1. The first kappa shape index (κ1) is 12.9. The highest BCUT2D eigenvalue weighted by Gasteiger charge is 2.02. The van der Waals surface area contributed by atoms with Gasteiger partial charge in [0.25, 0.3) is 0 Å². The van der Waals surface area contributed by atoms with Gasteiger partial charge in [-0.25, -0.2) is 0 Å². The van der Waals surface area contributed by atoms with Crippen LogP contribution in [0.3, 0.4) is 0 Å². The molecular weight excluding hydrogens is 248 g/mol. The molecule has 1 aromatic carbocycles. The number of halogens is 1. The fourth-order valence-electron chi connectivity index (χ4n) is 1.73. The van der Waals surface area contributed by atoms with Crippen LogP contribution >= 0.6 is 11.6 Å². The molecule has 1 heterocycles. The van der Waals surface area contributed by atoms with Crippen LogP contribution in [0.4, 0.5) is 5.69 Å². The average molecular weight is 263 g/mol. The molecule has 2 aromatic rings. The molecule has 4 heteroatoms. The number of aryl methyl sites for hydroxylation is 1. The van der Waals surface area contributed by atoms with Crippen molar-refractivity contribution in [1.29, 1.82) is 0 Å². The number of nitrogens with zero attached hydrogens (tertiary/aromatic N) is 1. The average Bonchev–Trinajstić information content (AvgIpc) is 2.40. The summed E-state index contributed by atoms with van der Waals surface area (Å²) in [6.45, 7) is 2.66. The summed E-state index contributed by atoms with van der Waals surface area (Å²) in [5.41, 5.74) is 3.90. The van der Waals surface area contributed by atoms with Crippen LogP contribution in [0, 0.1) is 6.92 Å². The number of rotatable bonds is 4. The number of pyridine rings is 1. The van der Waals surface area contributed by atoms with Gasteiger partial charge in [-0.1, -0.05) is 23.7 Å². The third-order valence-corrected chi connectivity index (χ3v) is 3.21. The fraction of sp³-hybridized carbons (Fsp3) is 0.214. The van der Waals surface area contributed by atoms with Crippen LogP contribution in [0.5, 0.6) is 0 Å². The quantitative estimate of drug-likeness (QED) is 0.890. The van der Waals surface area contributed by atoms with Crippen molar-refractivity contribution in [2.75, 3.05) is 5.32 Å². The van der Waals surface area contributed by atoms with Crippen molar-refractivity contribution in [2.24, 2.45) is 0 Å². The van der Waals surface area contributed by atoms with Crippen molar-refractivity contribution < 1.29 is 5.11 Å². The van der Waals surface area contributed by atoms with Gasteiger partial charge >= 0.3 is 0 Å². The Balaban J connectivity index is 2.09. The van der Waals surface area contributed by atoms with Gasteiger partial charge in [-0.3, -0.25) is 4.98 Å². The number of hydrogen-bond donors (Lipinski definition) is 2. The lowest BCUT2D eigenvalue weighted by Crippen LogP contribution is -2.03. The maximum Gasteiger partial charge on any atom is 0.0703 e. The Hall–Kier alpha value is -1.58. The molecule has 0 radical (unpaired) electrons. The van der Waals surface area contributed by atoms with Crippen LogP contribution < -0.4 is 5.32 Å². The molecule has 94 valence electrons. The maximum absolute atomic E-state index is 9.21. The molecule has 2 rings (SSSR count). The van der Waals surface area contributed by atoms with Crippen molar-refractivity contribution >= 4 is 17.3 Å². The summed E-state index contributed by atoms with van der Waals surface area (Å²) < 4.78 is 0. The van der Waals surface area contributed by atoms with Crippen molar-refractivity contribution in [3.05, 3.63) is 58.4 Å². The second kappa shape index (κ2) is 5.85. The summed E-state index contributed by atoms with van der Waals surface area (Å²) in [6, 6.07) is 7.72. The first-order valence-electron chi connectivity index (χ1n) is 5.73. The van der Waals surface area contributed by atoms with Gasteiger partial charge in [-0.05, 0) is 30.2 Å². The van der Waals surface area contributed by atoms with Crippen molar-refractivity contribution in [3.63, 3.8) is 0 Å². The highest BCUT2D eigenvalue weighted by atomic mass is 35.5. The number of hydrogen-bond acceptors (Lipinski definition) is 3. The van der Waals surface area contributed by atoms with E-state index in [1.807, 2.05) is 25.1 Å². The Labute approximate surface area is 111 Å². The predicted octanol–water partition coefficient (Wildman–Crippen LogP) is 3.15. The molecule has 0 atom stereocenters. The monoisotopic (exact) mass is 262 g/mol. The van der Waals surface area contributed by atoms with E-state index >= 15 is 0 Å². The molecule has 18 heavy (non-hydrogen) atoms. The summed E-state index contributed by atoms with van der Waals surface area (Å²) >= 11 is 5.98. The van der Waals surface area contributed by atoms with Gasteiger partial charge in [0, 0.05) is 23.3 Å². The van der Waals surface area contributed by atoms with Crippen molar-refractivity contribution in [1.82, 2.24) is 4.98 Å². The lowest BCUT2D eigenvalue weighted by atomic mass is 10.1. The van der Waals surface area contributed by atoms with Crippen LogP contribution in [0.15, 0.2) is 36.7 Å². The normalized spacial score (nSPS) is 10.4. The van der Waals surface area contributed by atoms with E-state index < -0.39 is 0 Å². The highest BCUT2D eigenvalue weighted by molar-refractivity contribution is 6.31. The molecule has 0 fully saturated rings. The Morgan fingerprint density at radius 2 is 2.17 bits per heavy atom. The Morgan fingerprint density at radius 1 is 1.33 bits per heavy atom. The second-order valence-corrected chi connectivity index (χ2v) is 4.54. The van der Waals surface area contributed by atoms with E-state index in [1.165, 1.54) is 0 Å². The van der Waals surface area contributed by atoms with Gasteiger partial charge in [0.2, 0.25) is 0 Å². The summed E-state index contributed by atoms with van der Waals surface area (Å²) in [5.74, 6) is 0. The summed E-state index contributed by atoms with van der Waals surface area (Å²) in [7, 11) is 0. The van der Waals surface area contributed by atoms with Gasteiger partial charge in [0.15, 0.2) is 0 Å². The zero-order valence-electron chi connectivity index (χ0n) is 10.2. The minimum atomic E-state index is 0.00446. The third-order valence-electron chi connectivity index (χ3n) is 2.79. The minimum absolute atomic E-state index is 0.00446. The van der Waals surface area contributed by atoms with Crippen LogP contribution in [-0.4, -0.2) is 10.1 Å². The molecular formula is C14H15ClN2O. The molecule has 0 aliphatic carbocycles. The molecule has 0 amide bonds. The number of aliphatic hydroxyl groups excluding tert-OH is 1. The topological polar surface area (TPSA) is 45.2 Å². The zero-order chi connectivity index (χ0) is 13.0. The standard InChI is InChI=1S/C14H15ClN2O/c1-10-6-11(2-3-13(10)15)7-17-14-8-16-5-4-12(14)9-18/h2-6,8,17-18H,7,9H2,1H3. The molecule has 2 N–H and O–H groups in total. The molecule has 0 unspecified atom stereocenters. The van der Waals surface area contributed by atoms with E-state index in [-0.39, 0.29) is 6.61 Å². The molecule has 0 bridgehead atoms.